The van der Waals surface area contributed by atoms with E-state index in [4.69, 9.17) is 14.6 Å². The van der Waals surface area contributed by atoms with E-state index in [2.05, 4.69) is 26.0 Å². The summed E-state index contributed by atoms with van der Waals surface area (Å²) in [5, 5.41) is 13.9. The van der Waals surface area contributed by atoms with Gasteiger partial charge in [-0.1, -0.05) is 29.8 Å². The van der Waals surface area contributed by atoms with Gasteiger partial charge in [0.2, 0.25) is 0 Å². The fourth-order valence-corrected chi connectivity index (χ4v) is 3.24. The molecule has 8 nitrogen and oxygen atoms in total. The molecule has 31 heavy (non-hydrogen) atoms. The third-order valence-electron chi connectivity index (χ3n) is 4.51. The molecule has 3 aromatic rings. The molecule has 0 aliphatic rings. The van der Waals surface area contributed by atoms with Crippen LogP contribution in [0.3, 0.4) is 0 Å². The van der Waals surface area contributed by atoms with Crippen LogP contribution >= 0.6 is 15.9 Å². The first kappa shape index (κ1) is 22.5. The third-order valence-corrected chi connectivity index (χ3v) is 5.00. The molecule has 0 aliphatic carbocycles. The predicted molar refractivity (Wildman–Crippen MR) is 122 cm³/mol. The van der Waals surface area contributed by atoms with Gasteiger partial charge in [0, 0.05) is 10.4 Å². The van der Waals surface area contributed by atoms with Gasteiger partial charge in [0.1, 0.15) is 5.82 Å². The van der Waals surface area contributed by atoms with Crippen LogP contribution in [0, 0.1) is 0 Å². The molecule has 0 saturated heterocycles. The maximum atomic E-state index is 13.1. The zero-order valence-electron chi connectivity index (χ0n) is 17.5. The molecule has 1 N–H and O–H groups in total. The summed E-state index contributed by atoms with van der Waals surface area (Å²) in [4.78, 5) is 28.7. The highest BCUT2D eigenvalue weighted by Crippen LogP contribution is 2.28. The second kappa shape index (κ2) is 9.30. The van der Waals surface area contributed by atoms with E-state index in [0.29, 0.717) is 33.8 Å². The molecule has 3 rings (SSSR count). The number of halogens is 1. The molecule has 1 aromatic heterocycles. The van der Waals surface area contributed by atoms with Crippen LogP contribution in [0.2, 0.25) is 0 Å². The summed E-state index contributed by atoms with van der Waals surface area (Å²) in [6, 6.07) is 10.3. The molecule has 0 fully saturated rings. The first-order valence-electron chi connectivity index (χ1n) is 9.55. The first-order valence-corrected chi connectivity index (χ1v) is 10.3. The predicted octanol–water partition coefficient (Wildman–Crippen LogP) is 4.03. The van der Waals surface area contributed by atoms with Crippen molar-refractivity contribution in [3.8, 4) is 11.5 Å². The fraction of sp³-hybridized carbons (Fsp3) is 0.273. The molecule has 0 aliphatic heterocycles. The van der Waals surface area contributed by atoms with E-state index < -0.39 is 12.1 Å². The van der Waals surface area contributed by atoms with E-state index in [-0.39, 0.29) is 11.5 Å². The molecule has 0 amide bonds. The molecular weight excluding hydrogens is 466 g/mol. The van der Waals surface area contributed by atoms with E-state index in [1.165, 1.54) is 24.9 Å². The molecular formula is C22H22BrN3O5. The number of nitrogens with zero attached hydrogens (tertiary/aromatic N) is 3. The average Bonchev–Trinajstić information content (AvgIpc) is 2.73. The molecule has 0 spiro atoms. The van der Waals surface area contributed by atoms with Crippen LogP contribution in [0.15, 0.2) is 50.8 Å². The number of benzene rings is 2. The van der Waals surface area contributed by atoms with E-state index in [9.17, 15) is 9.59 Å². The number of methoxy groups -OCH3 is 1. The number of aromatic nitrogens is 2. The summed E-state index contributed by atoms with van der Waals surface area (Å²) in [7, 11) is 1.46. The van der Waals surface area contributed by atoms with E-state index in [1.807, 2.05) is 19.9 Å². The average molecular weight is 488 g/mol. The van der Waals surface area contributed by atoms with Crippen LogP contribution in [0.1, 0.15) is 38.1 Å². The van der Waals surface area contributed by atoms with Crippen LogP contribution in [0.25, 0.3) is 10.9 Å². The second-order valence-electron chi connectivity index (χ2n) is 7.16. The van der Waals surface area contributed by atoms with Gasteiger partial charge in [-0.2, -0.15) is 9.78 Å². The van der Waals surface area contributed by atoms with Gasteiger partial charge in [-0.3, -0.25) is 4.79 Å². The summed E-state index contributed by atoms with van der Waals surface area (Å²) in [5.41, 5.74) is 0.982. The van der Waals surface area contributed by atoms with Gasteiger partial charge in [-0.15, -0.1) is 0 Å². The lowest BCUT2D eigenvalue weighted by Crippen LogP contribution is -2.23. The lowest BCUT2D eigenvalue weighted by Gasteiger charge is -2.14. The highest BCUT2D eigenvalue weighted by atomic mass is 79.9. The third kappa shape index (κ3) is 4.93. The number of rotatable bonds is 7. The number of hydrogen-bond donors (Lipinski definition) is 1. The monoisotopic (exact) mass is 487 g/mol. The Hall–Kier alpha value is -3.20. The van der Waals surface area contributed by atoms with Gasteiger partial charge in [0.15, 0.2) is 17.6 Å². The minimum absolute atomic E-state index is 0.0271. The van der Waals surface area contributed by atoms with E-state index in [1.54, 1.807) is 30.3 Å². The minimum atomic E-state index is -1.08. The topological polar surface area (TPSA) is 103 Å². The van der Waals surface area contributed by atoms with Crippen molar-refractivity contribution in [1.29, 1.82) is 0 Å². The van der Waals surface area contributed by atoms with Crippen molar-refractivity contribution in [2.45, 2.75) is 32.8 Å². The smallest absolute Gasteiger partial charge is 0.344 e. The van der Waals surface area contributed by atoms with Crippen molar-refractivity contribution in [3.05, 3.63) is 62.6 Å². The van der Waals surface area contributed by atoms with Crippen molar-refractivity contribution < 1.29 is 19.4 Å². The number of ether oxygens (including phenoxy) is 2. The lowest BCUT2D eigenvalue weighted by atomic mass is 10.2. The number of aliphatic carboxylic acids is 1. The molecule has 1 heterocycles. The summed E-state index contributed by atoms with van der Waals surface area (Å²) in [5.74, 6) is 0.0866. The van der Waals surface area contributed by atoms with E-state index >= 15 is 0 Å². The second-order valence-corrected chi connectivity index (χ2v) is 8.07. The molecule has 9 heteroatoms. The minimum Gasteiger partial charge on any atom is -0.493 e. The first-order chi connectivity index (χ1) is 14.7. The number of hydrogen-bond acceptors (Lipinski definition) is 6. The van der Waals surface area contributed by atoms with Crippen molar-refractivity contribution in [1.82, 2.24) is 9.66 Å². The Morgan fingerprint density at radius 2 is 1.94 bits per heavy atom. The van der Waals surface area contributed by atoms with Gasteiger partial charge in [0.25, 0.3) is 5.56 Å². The van der Waals surface area contributed by atoms with Crippen LogP contribution in [0.5, 0.6) is 11.5 Å². The summed E-state index contributed by atoms with van der Waals surface area (Å²) in [6.45, 7) is 5.32. The Morgan fingerprint density at radius 1 is 1.19 bits per heavy atom. The summed E-state index contributed by atoms with van der Waals surface area (Å²) >= 11 is 3.39. The number of fused-ring (bicyclic) bond motifs is 1. The van der Waals surface area contributed by atoms with Gasteiger partial charge < -0.3 is 14.6 Å². The van der Waals surface area contributed by atoms with Gasteiger partial charge >= 0.3 is 5.97 Å². The van der Waals surface area contributed by atoms with Gasteiger partial charge in [-0.25, -0.2) is 9.78 Å². The molecule has 0 saturated carbocycles. The van der Waals surface area contributed by atoms with Crippen LogP contribution in [-0.4, -0.2) is 40.2 Å². The summed E-state index contributed by atoms with van der Waals surface area (Å²) < 4.78 is 12.8. The maximum Gasteiger partial charge on any atom is 0.344 e. The number of carboxylic acids is 1. The van der Waals surface area contributed by atoms with Crippen LogP contribution in [-0.2, 0) is 4.79 Å². The Labute approximate surface area is 187 Å². The molecule has 0 bridgehead atoms. The zero-order chi connectivity index (χ0) is 22.7. The van der Waals surface area contributed by atoms with E-state index in [0.717, 1.165) is 4.47 Å². The van der Waals surface area contributed by atoms with Crippen molar-refractivity contribution in [2.24, 2.45) is 5.10 Å². The standard InChI is InChI=1S/C22H22BrN3O5/c1-12(2)20-25-17-7-6-15(23)10-16(17)21(27)26(20)24-11-14-5-8-18(19(9-14)30-4)31-13(3)22(28)29/h5-13H,1-4H3,(H,28,29)/t13-/m1/s1. The zero-order valence-corrected chi connectivity index (χ0v) is 19.1. The van der Waals surface area contributed by atoms with Crippen molar-refractivity contribution >= 4 is 39.0 Å². The van der Waals surface area contributed by atoms with Crippen molar-refractivity contribution in [2.75, 3.05) is 7.11 Å². The summed E-state index contributed by atoms with van der Waals surface area (Å²) in [6.07, 6.45) is 0.495. The molecule has 0 unspecified atom stereocenters. The maximum absolute atomic E-state index is 13.1. The molecule has 1 atom stereocenters. The SMILES string of the molecule is COc1cc(C=Nn2c(C(C)C)nc3ccc(Br)cc3c2=O)ccc1O[C@H](C)C(=O)O. The Morgan fingerprint density at radius 3 is 2.58 bits per heavy atom. The Balaban J connectivity index is 2.03. The van der Waals surface area contributed by atoms with Gasteiger partial charge in [-0.05, 0) is 48.9 Å². The fourth-order valence-electron chi connectivity index (χ4n) is 2.88. The molecule has 162 valence electrons. The van der Waals surface area contributed by atoms with Crippen LogP contribution < -0.4 is 15.0 Å². The number of carboxylic acid groups (broad SMARTS) is 1. The van der Waals surface area contributed by atoms with Gasteiger partial charge in [0.05, 0.1) is 24.2 Å². The molecule has 0 radical (unpaired) electrons. The highest BCUT2D eigenvalue weighted by Gasteiger charge is 2.16. The lowest BCUT2D eigenvalue weighted by molar-refractivity contribution is -0.144. The van der Waals surface area contributed by atoms with Crippen molar-refractivity contribution in [3.63, 3.8) is 0 Å². The largest absolute Gasteiger partial charge is 0.493 e. The highest BCUT2D eigenvalue weighted by molar-refractivity contribution is 9.10. The van der Waals surface area contributed by atoms with Crippen LogP contribution in [0.4, 0.5) is 0 Å². The quantitative estimate of drug-likeness (QED) is 0.504. The number of carbonyl (C=O) groups is 1. The Bertz CT molecular complexity index is 1220. The molecule has 2 aromatic carbocycles. The Kier molecular flexibility index (Phi) is 6.74. The normalized spacial score (nSPS) is 12.5.